The summed E-state index contributed by atoms with van der Waals surface area (Å²) in [5, 5.41) is 11.1. The zero-order chi connectivity index (χ0) is 18.9. The Labute approximate surface area is 159 Å². The normalized spacial score (nSPS) is 26.6. The van der Waals surface area contributed by atoms with Crippen LogP contribution in [0.4, 0.5) is 0 Å². The quantitative estimate of drug-likeness (QED) is 0.806. The highest BCUT2D eigenvalue weighted by atomic mass is 16.5. The van der Waals surface area contributed by atoms with Gasteiger partial charge in [0.25, 0.3) is 11.5 Å². The molecular weight excluding hydrogens is 346 g/mol. The summed E-state index contributed by atoms with van der Waals surface area (Å²) in [6, 6.07) is 1.79. The number of pyridine rings is 1. The molecule has 148 valence electrons. The smallest absolute Gasteiger partial charge is 0.261 e. The number of nitrogens with one attached hydrogen (secondary N) is 1. The number of carbonyl (C=O) groups is 1. The van der Waals surface area contributed by atoms with Crippen molar-refractivity contribution >= 4 is 5.91 Å². The van der Waals surface area contributed by atoms with Gasteiger partial charge in [0.05, 0.1) is 18.8 Å². The lowest BCUT2D eigenvalue weighted by Crippen LogP contribution is -2.48. The molecule has 1 atom stereocenters. The second-order valence-electron chi connectivity index (χ2n) is 8.13. The number of rotatable bonds is 3. The predicted octanol–water partition coefficient (Wildman–Crippen LogP) is 0.553. The molecule has 27 heavy (non-hydrogen) atoms. The van der Waals surface area contributed by atoms with Gasteiger partial charge in [-0.2, -0.15) is 0 Å². The molecule has 2 saturated heterocycles. The molecule has 7 heteroatoms. The van der Waals surface area contributed by atoms with E-state index in [9.17, 15) is 14.7 Å². The summed E-state index contributed by atoms with van der Waals surface area (Å²) in [6.45, 7) is 4.79. The maximum Gasteiger partial charge on any atom is 0.261 e. The first kappa shape index (κ1) is 18.7. The van der Waals surface area contributed by atoms with Crippen LogP contribution in [-0.2, 0) is 17.6 Å². The van der Waals surface area contributed by atoms with Gasteiger partial charge >= 0.3 is 0 Å². The number of likely N-dealkylation sites (tertiary alicyclic amines) is 1. The molecule has 2 aliphatic heterocycles. The van der Waals surface area contributed by atoms with Gasteiger partial charge in [-0.25, -0.2) is 0 Å². The van der Waals surface area contributed by atoms with Crippen molar-refractivity contribution < 1.29 is 14.6 Å². The van der Waals surface area contributed by atoms with Crippen LogP contribution >= 0.6 is 0 Å². The van der Waals surface area contributed by atoms with E-state index in [2.05, 4.69) is 9.88 Å². The molecule has 1 aromatic heterocycles. The lowest BCUT2D eigenvalue weighted by Gasteiger charge is -2.35. The second-order valence-corrected chi connectivity index (χ2v) is 8.13. The molecule has 0 spiro atoms. The molecule has 7 nitrogen and oxygen atoms in total. The van der Waals surface area contributed by atoms with Crippen LogP contribution in [0.3, 0.4) is 0 Å². The molecule has 3 heterocycles. The van der Waals surface area contributed by atoms with Crippen molar-refractivity contribution in [2.24, 2.45) is 0 Å². The lowest BCUT2D eigenvalue weighted by atomic mass is 9.94. The maximum atomic E-state index is 13.0. The van der Waals surface area contributed by atoms with E-state index in [1.807, 2.05) is 0 Å². The SMILES string of the molecule is O=C(c1cc2c([nH]c1=O)CCC2)N1CCC[C@@](O)(CN2CCOCC2)CC1. The average molecular weight is 375 g/mol. The van der Waals surface area contributed by atoms with E-state index >= 15 is 0 Å². The van der Waals surface area contributed by atoms with Crippen LogP contribution in [0.15, 0.2) is 10.9 Å². The zero-order valence-electron chi connectivity index (χ0n) is 15.8. The Morgan fingerprint density at radius 1 is 1.15 bits per heavy atom. The van der Waals surface area contributed by atoms with E-state index in [4.69, 9.17) is 4.74 Å². The van der Waals surface area contributed by atoms with E-state index in [-0.39, 0.29) is 17.0 Å². The first-order valence-electron chi connectivity index (χ1n) is 10.1. The largest absolute Gasteiger partial charge is 0.388 e. The zero-order valence-corrected chi connectivity index (χ0v) is 15.8. The number of H-pyrrole nitrogens is 1. The highest BCUT2D eigenvalue weighted by Gasteiger charge is 2.34. The number of aryl methyl sites for hydroxylation is 2. The monoisotopic (exact) mass is 375 g/mol. The van der Waals surface area contributed by atoms with Crippen molar-refractivity contribution in [3.8, 4) is 0 Å². The molecule has 0 aromatic carbocycles. The number of carbonyl (C=O) groups excluding carboxylic acids is 1. The molecule has 0 radical (unpaired) electrons. The first-order chi connectivity index (χ1) is 13.0. The molecule has 2 fully saturated rings. The van der Waals surface area contributed by atoms with Gasteiger partial charge < -0.3 is 19.7 Å². The molecular formula is C20H29N3O4. The Hall–Kier alpha value is -1.70. The average Bonchev–Trinajstić information content (AvgIpc) is 3.02. The molecule has 0 bridgehead atoms. The topological polar surface area (TPSA) is 85.9 Å². The third-order valence-corrected chi connectivity index (χ3v) is 6.14. The second kappa shape index (κ2) is 7.73. The Morgan fingerprint density at radius 3 is 2.78 bits per heavy atom. The number of β-amino-alcohol motifs (C(OH)–C–C–N with tert-alkyl or cyclic N) is 1. The number of morpholine rings is 1. The van der Waals surface area contributed by atoms with E-state index in [0.717, 1.165) is 50.0 Å². The molecule has 1 aromatic rings. The van der Waals surface area contributed by atoms with E-state index in [1.165, 1.54) is 0 Å². The van der Waals surface area contributed by atoms with Gasteiger partial charge in [0, 0.05) is 38.4 Å². The summed E-state index contributed by atoms with van der Waals surface area (Å²) in [6.07, 6.45) is 4.80. The third kappa shape index (κ3) is 4.10. The Balaban J connectivity index is 1.43. The summed E-state index contributed by atoms with van der Waals surface area (Å²) in [7, 11) is 0. The fourth-order valence-corrected chi connectivity index (χ4v) is 4.56. The van der Waals surface area contributed by atoms with Gasteiger partial charge in [0.2, 0.25) is 0 Å². The van der Waals surface area contributed by atoms with Gasteiger partial charge in [-0.3, -0.25) is 14.5 Å². The number of ether oxygens (including phenoxy) is 1. The van der Waals surface area contributed by atoms with Gasteiger partial charge in [-0.05, 0) is 50.2 Å². The van der Waals surface area contributed by atoms with Crippen LogP contribution in [0.1, 0.15) is 47.3 Å². The number of amides is 1. The van der Waals surface area contributed by atoms with E-state index in [0.29, 0.717) is 45.7 Å². The number of aliphatic hydroxyl groups is 1. The van der Waals surface area contributed by atoms with E-state index < -0.39 is 5.60 Å². The summed E-state index contributed by atoms with van der Waals surface area (Å²) >= 11 is 0. The number of fused-ring (bicyclic) bond motifs is 1. The number of hydrogen-bond donors (Lipinski definition) is 2. The molecule has 1 aliphatic carbocycles. The highest BCUT2D eigenvalue weighted by Crippen LogP contribution is 2.25. The molecule has 2 N–H and O–H groups in total. The Bertz CT molecular complexity index is 756. The van der Waals surface area contributed by atoms with Crippen LogP contribution in [0.5, 0.6) is 0 Å². The number of nitrogens with zero attached hydrogens (tertiary/aromatic N) is 2. The molecule has 4 rings (SSSR count). The van der Waals surface area contributed by atoms with Crippen molar-refractivity contribution in [3.63, 3.8) is 0 Å². The summed E-state index contributed by atoms with van der Waals surface area (Å²) in [5.41, 5.74) is 1.25. The fraction of sp³-hybridized carbons (Fsp3) is 0.700. The number of hydrogen-bond acceptors (Lipinski definition) is 5. The summed E-state index contributed by atoms with van der Waals surface area (Å²) in [4.78, 5) is 32.2. The first-order valence-corrected chi connectivity index (χ1v) is 10.1. The maximum absolute atomic E-state index is 13.0. The predicted molar refractivity (Wildman–Crippen MR) is 101 cm³/mol. The fourth-order valence-electron chi connectivity index (χ4n) is 4.56. The van der Waals surface area contributed by atoms with Gasteiger partial charge in [-0.1, -0.05) is 0 Å². The van der Waals surface area contributed by atoms with Crippen molar-refractivity contribution in [3.05, 3.63) is 33.2 Å². The van der Waals surface area contributed by atoms with Crippen LogP contribution in [0.25, 0.3) is 0 Å². The van der Waals surface area contributed by atoms with Crippen LogP contribution in [-0.4, -0.2) is 77.3 Å². The summed E-state index contributed by atoms with van der Waals surface area (Å²) < 4.78 is 5.38. The van der Waals surface area contributed by atoms with Crippen molar-refractivity contribution in [2.45, 2.75) is 44.1 Å². The van der Waals surface area contributed by atoms with Crippen LogP contribution in [0.2, 0.25) is 0 Å². The standard InChI is InChI=1S/C20H29N3O4/c24-18-16(13-15-3-1-4-17(15)21-18)19(25)23-7-2-5-20(26,6-8-23)14-22-9-11-27-12-10-22/h13,26H,1-12,14H2,(H,21,24)/t20-/m0/s1. The molecule has 0 saturated carbocycles. The molecule has 3 aliphatic rings. The minimum atomic E-state index is -0.781. The molecule has 0 unspecified atom stereocenters. The van der Waals surface area contributed by atoms with Crippen LogP contribution in [0, 0.1) is 0 Å². The molecule has 1 amide bonds. The van der Waals surface area contributed by atoms with Crippen molar-refractivity contribution in [1.82, 2.24) is 14.8 Å². The Morgan fingerprint density at radius 2 is 1.96 bits per heavy atom. The highest BCUT2D eigenvalue weighted by molar-refractivity contribution is 5.94. The lowest BCUT2D eigenvalue weighted by molar-refractivity contribution is -0.0389. The minimum Gasteiger partial charge on any atom is -0.388 e. The van der Waals surface area contributed by atoms with Crippen molar-refractivity contribution in [1.29, 1.82) is 0 Å². The van der Waals surface area contributed by atoms with Gasteiger partial charge in [-0.15, -0.1) is 0 Å². The van der Waals surface area contributed by atoms with Gasteiger partial charge in [0.1, 0.15) is 5.56 Å². The minimum absolute atomic E-state index is 0.207. The number of aromatic amines is 1. The van der Waals surface area contributed by atoms with Crippen molar-refractivity contribution in [2.75, 3.05) is 45.9 Å². The third-order valence-electron chi connectivity index (χ3n) is 6.14. The summed E-state index contributed by atoms with van der Waals surface area (Å²) in [5.74, 6) is -0.207. The van der Waals surface area contributed by atoms with Crippen LogP contribution < -0.4 is 5.56 Å². The number of aromatic nitrogens is 1. The van der Waals surface area contributed by atoms with Gasteiger partial charge in [0.15, 0.2) is 0 Å². The van der Waals surface area contributed by atoms with E-state index in [1.54, 1.807) is 11.0 Å². The Kier molecular flexibility index (Phi) is 5.34.